The van der Waals surface area contributed by atoms with Crippen LogP contribution in [0.4, 0.5) is 15.2 Å². The van der Waals surface area contributed by atoms with Crippen molar-refractivity contribution in [2.75, 3.05) is 4.72 Å². The van der Waals surface area contributed by atoms with E-state index >= 15 is 0 Å². The van der Waals surface area contributed by atoms with Crippen LogP contribution in [-0.4, -0.2) is 18.3 Å². The molecule has 0 aliphatic carbocycles. The Morgan fingerprint density at radius 1 is 1.42 bits per heavy atom. The third-order valence-electron chi connectivity index (χ3n) is 2.08. The molecule has 0 saturated heterocycles. The summed E-state index contributed by atoms with van der Waals surface area (Å²) in [6, 6.07) is 2.34. The van der Waals surface area contributed by atoms with Gasteiger partial charge in [0.1, 0.15) is 0 Å². The first-order valence-corrected chi connectivity index (χ1v) is 7.13. The first kappa shape index (κ1) is 13.4. The average Bonchev–Trinajstić information content (AvgIpc) is 2.80. The molecule has 2 rings (SSSR count). The summed E-state index contributed by atoms with van der Waals surface area (Å²) in [6.07, 6.45) is 1.40. The van der Waals surface area contributed by atoms with E-state index in [2.05, 4.69) is 9.71 Å². The van der Waals surface area contributed by atoms with Gasteiger partial charge in [0.05, 0.1) is 9.82 Å². The van der Waals surface area contributed by atoms with Gasteiger partial charge in [-0.2, -0.15) is 4.39 Å². The maximum Gasteiger partial charge on any atom is 0.304 e. The van der Waals surface area contributed by atoms with E-state index in [1.165, 1.54) is 6.20 Å². The van der Waals surface area contributed by atoms with E-state index < -0.39 is 31.3 Å². The molecule has 0 spiro atoms. The Balaban J connectivity index is 2.36. The Labute approximate surface area is 110 Å². The summed E-state index contributed by atoms with van der Waals surface area (Å²) in [4.78, 5) is 12.8. The van der Waals surface area contributed by atoms with Crippen LogP contribution in [0.1, 0.15) is 0 Å². The third kappa shape index (κ3) is 2.85. The second kappa shape index (κ2) is 4.90. The Kier molecular flexibility index (Phi) is 3.44. The monoisotopic (exact) mass is 303 g/mol. The molecule has 0 bridgehead atoms. The molecule has 0 atom stereocenters. The second-order valence-electron chi connectivity index (χ2n) is 3.31. The highest BCUT2D eigenvalue weighted by Crippen LogP contribution is 2.23. The molecule has 100 valence electrons. The number of nitrogens with one attached hydrogen (secondary N) is 1. The van der Waals surface area contributed by atoms with Crippen molar-refractivity contribution in [3.8, 4) is 0 Å². The number of rotatable bonds is 4. The van der Waals surface area contributed by atoms with Crippen molar-refractivity contribution in [2.45, 2.75) is 4.90 Å². The van der Waals surface area contributed by atoms with Crippen LogP contribution >= 0.6 is 11.3 Å². The minimum atomic E-state index is -4.01. The normalized spacial score (nSPS) is 11.2. The summed E-state index contributed by atoms with van der Waals surface area (Å²) in [5.74, 6) is -1.22. The van der Waals surface area contributed by atoms with Gasteiger partial charge in [-0.1, -0.05) is 0 Å². The molecule has 1 N–H and O–H groups in total. The fourth-order valence-corrected chi connectivity index (χ4v) is 3.05. The van der Waals surface area contributed by atoms with Crippen LogP contribution in [0.5, 0.6) is 0 Å². The van der Waals surface area contributed by atoms with Gasteiger partial charge in [-0.3, -0.25) is 14.8 Å². The minimum Gasteiger partial charge on any atom is -0.258 e. The van der Waals surface area contributed by atoms with E-state index in [1.807, 2.05) is 0 Å². The number of anilines is 1. The van der Waals surface area contributed by atoms with Crippen molar-refractivity contribution >= 4 is 32.2 Å². The summed E-state index contributed by atoms with van der Waals surface area (Å²) >= 11 is 1.05. The predicted octanol–water partition coefficient (Wildman–Crippen LogP) is 1.99. The fourth-order valence-electron chi connectivity index (χ4n) is 1.25. The van der Waals surface area contributed by atoms with E-state index in [0.717, 1.165) is 23.5 Å². The zero-order valence-electron chi connectivity index (χ0n) is 9.11. The highest BCUT2D eigenvalue weighted by molar-refractivity contribution is 7.93. The van der Waals surface area contributed by atoms with Gasteiger partial charge in [-0.15, -0.1) is 11.3 Å². The number of nitro benzene ring substituents is 1. The number of benzene rings is 1. The standard InChI is InChI=1S/C9H6FN3O4S2/c10-7-5-6(1-2-8(7)13(14)15)19(16,17)12-9-11-3-4-18-9/h1-5H,(H,11,12). The van der Waals surface area contributed by atoms with Crippen LogP contribution in [0.2, 0.25) is 0 Å². The summed E-state index contributed by atoms with van der Waals surface area (Å²) in [5.41, 5.74) is -0.784. The lowest BCUT2D eigenvalue weighted by Gasteiger charge is -2.05. The Morgan fingerprint density at radius 3 is 2.68 bits per heavy atom. The molecule has 0 amide bonds. The molecule has 0 saturated carbocycles. The van der Waals surface area contributed by atoms with Crippen LogP contribution in [0.25, 0.3) is 0 Å². The number of aromatic nitrogens is 1. The van der Waals surface area contributed by atoms with Gasteiger partial charge in [0.2, 0.25) is 5.82 Å². The number of nitro groups is 1. The number of thiazole rings is 1. The number of sulfonamides is 1. The molecule has 1 aromatic heterocycles. The van der Waals surface area contributed by atoms with E-state index in [-0.39, 0.29) is 5.13 Å². The lowest BCUT2D eigenvalue weighted by Crippen LogP contribution is -2.13. The molecule has 0 aliphatic rings. The lowest BCUT2D eigenvalue weighted by atomic mass is 10.3. The van der Waals surface area contributed by atoms with Crippen molar-refractivity contribution in [1.29, 1.82) is 0 Å². The molecule has 0 radical (unpaired) electrons. The second-order valence-corrected chi connectivity index (χ2v) is 5.89. The molecule has 1 aromatic carbocycles. The summed E-state index contributed by atoms with van der Waals surface area (Å²) in [6.45, 7) is 0. The number of hydrogen-bond acceptors (Lipinski definition) is 6. The SMILES string of the molecule is O=[N+]([O-])c1ccc(S(=O)(=O)Nc2nccs2)cc1F. The molecule has 19 heavy (non-hydrogen) atoms. The van der Waals surface area contributed by atoms with Crippen LogP contribution in [-0.2, 0) is 10.0 Å². The number of halogens is 1. The maximum absolute atomic E-state index is 13.4. The Bertz CT molecular complexity index is 715. The quantitative estimate of drug-likeness (QED) is 0.687. The van der Waals surface area contributed by atoms with Crippen LogP contribution < -0.4 is 4.72 Å². The fraction of sp³-hybridized carbons (Fsp3) is 0. The van der Waals surface area contributed by atoms with Gasteiger partial charge >= 0.3 is 5.69 Å². The molecule has 10 heteroatoms. The molecule has 0 unspecified atom stereocenters. The lowest BCUT2D eigenvalue weighted by molar-refractivity contribution is -0.387. The molecule has 0 fully saturated rings. The van der Waals surface area contributed by atoms with Crippen LogP contribution in [0.15, 0.2) is 34.7 Å². The van der Waals surface area contributed by atoms with Crippen molar-refractivity contribution < 1.29 is 17.7 Å². The number of hydrogen-bond donors (Lipinski definition) is 1. The van der Waals surface area contributed by atoms with Gasteiger partial charge < -0.3 is 0 Å². The van der Waals surface area contributed by atoms with Gasteiger partial charge in [0.15, 0.2) is 5.13 Å². The first-order valence-electron chi connectivity index (χ1n) is 4.76. The summed E-state index contributed by atoms with van der Waals surface area (Å²) in [5, 5.41) is 12.1. The molecule has 0 aliphatic heterocycles. The van der Waals surface area contributed by atoms with E-state index in [9.17, 15) is 22.9 Å². The van der Waals surface area contributed by atoms with Crippen molar-refractivity contribution in [3.05, 3.63) is 45.7 Å². The highest BCUT2D eigenvalue weighted by Gasteiger charge is 2.21. The Morgan fingerprint density at radius 2 is 2.16 bits per heavy atom. The zero-order chi connectivity index (χ0) is 14.0. The smallest absolute Gasteiger partial charge is 0.258 e. The van der Waals surface area contributed by atoms with Crippen LogP contribution in [0.3, 0.4) is 0 Å². The van der Waals surface area contributed by atoms with Gasteiger partial charge in [0.25, 0.3) is 10.0 Å². The summed E-state index contributed by atoms with van der Waals surface area (Å²) < 4.78 is 39.2. The predicted molar refractivity (Wildman–Crippen MR) is 66.0 cm³/mol. The van der Waals surface area contributed by atoms with Crippen LogP contribution in [0, 0.1) is 15.9 Å². The molecular weight excluding hydrogens is 297 g/mol. The van der Waals surface area contributed by atoms with Gasteiger partial charge in [0, 0.05) is 23.7 Å². The van der Waals surface area contributed by atoms with E-state index in [0.29, 0.717) is 6.07 Å². The van der Waals surface area contributed by atoms with Crippen molar-refractivity contribution in [3.63, 3.8) is 0 Å². The first-order chi connectivity index (χ1) is 8.90. The van der Waals surface area contributed by atoms with Crippen molar-refractivity contribution in [2.24, 2.45) is 0 Å². The van der Waals surface area contributed by atoms with E-state index in [1.54, 1.807) is 5.38 Å². The molecule has 1 heterocycles. The molecular formula is C9H6FN3O4S2. The molecule has 7 nitrogen and oxygen atoms in total. The highest BCUT2D eigenvalue weighted by atomic mass is 32.2. The third-order valence-corrected chi connectivity index (χ3v) is 4.23. The number of nitrogens with zero attached hydrogens (tertiary/aromatic N) is 2. The summed E-state index contributed by atoms with van der Waals surface area (Å²) in [7, 11) is -4.01. The average molecular weight is 303 g/mol. The van der Waals surface area contributed by atoms with Gasteiger partial charge in [-0.25, -0.2) is 13.4 Å². The van der Waals surface area contributed by atoms with E-state index in [4.69, 9.17) is 0 Å². The maximum atomic E-state index is 13.4. The van der Waals surface area contributed by atoms with Crippen molar-refractivity contribution in [1.82, 2.24) is 4.98 Å². The Hall–Kier alpha value is -2.07. The largest absolute Gasteiger partial charge is 0.304 e. The molecule has 2 aromatic rings. The minimum absolute atomic E-state index is 0.124. The van der Waals surface area contributed by atoms with Gasteiger partial charge in [-0.05, 0) is 6.07 Å². The topological polar surface area (TPSA) is 102 Å². The zero-order valence-corrected chi connectivity index (χ0v) is 10.7.